The van der Waals surface area contributed by atoms with Gasteiger partial charge in [-0.15, -0.1) is 10.2 Å². The van der Waals surface area contributed by atoms with E-state index in [1.807, 2.05) is 47.4 Å². The van der Waals surface area contributed by atoms with Crippen LogP contribution in [-0.2, 0) is 0 Å². The highest BCUT2D eigenvalue weighted by molar-refractivity contribution is 5.95. The second-order valence-electron chi connectivity index (χ2n) is 7.30. The molecule has 0 unspecified atom stereocenters. The first-order chi connectivity index (χ1) is 14.8. The molecule has 1 fully saturated rings. The molecule has 0 saturated carbocycles. The molecule has 0 N–H and O–H groups in total. The van der Waals surface area contributed by atoms with Gasteiger partial charge < -0.3 is 9.80 Å². The molecule has 4 aromatic rings. The number of nitrogens with zero attached hydrogens (tertiary/aromatic N) is 5. The van der Waals surface area contributed by atoms with Crippen LogP contribution in [0.5, 0.6) is 0 Å². The van der Waals surface area contributed by atoms with Crippen molar-refractivity contribution < 1.29 is 4.79 Å². The number of rotatable bonds is 3. The molecule has 30 heavy (non-hydrogen) atoms. The SMILES string of the molecule is O=C(c1ccccn1)N1CCN(c2ccc(-c3cccc4ccccc34)nn2)CC1. The van der Waals surface area contributed by atoms with Crippen molar-refractivity contribution in [2.75, 3.05) is 31.1 Å². The number of hydrogen-bond donors (Lipinski definition) is 0. The maximum Gasteiger partial charge on any atom is 0.272 e. The normalized spacial score (nSPS) is 14.1. The molecule has 6 nitrogen and oxygen atoms in total. The summed E-state index contributed by atoms with van der Waals surface area (Å²) in [6, 6.07) is 24.0. The standard InChI is InChI=1S/C24H21N5O/c30-24(22-10-3-4-13-25-22)29-16-14-28(15-17-29)23-12-11-21(26-27-23)20-9-5-7-18-6-1-2-8-19(18)20/h1-13H,14-17H2. The van der Waals surface area contributed by atoms with E-state index < -0.39 is 0 Å². The summed E-state index contributed by atoms with van der Waals surface area (Å²) >= 11 is 0. The molecule has 1 saturated heterocycles. The molecule has 2 aromatic carbocycles. The maximum atomic E-state index is 12.6. The average Bonchev–Trinajstić information content (AvgIpc) is 2.84. The molecule has 5 rings (SSSR count). The van der Waals surface area contributed by atoms with Crippen LogP contribution in [-0.4, -0.2) is 52.2 Å². The fourth-order valence-electron chi connectivity index (χ4n) is 3.88. The Bertz CT molecular complexity index is 1160. The molecule has 0 atom stereocenters. The van der Waals surface area contributed by atoms with E-state index in [0.29, 0.717) is 18.8 Å². The predicted molar refractivity (Wildman–Crippen MR) is 117 cm³/mol. The van der Waals surface area contributed by atoms with Crippen molar-refractivity contribution in [2.45, 2.75) is 0 Å². The van der Waals surface area contributed by atoms with Crippen molar-refractivity contribution in [1.82, 2.24) is 20.1 Å². The number of anilines is 1. The molecule has 0 radical (unpaired) electrons. The molecule has 6 heteroatoms. The zero-order valence-electron chi connectivity index (χ0n) is 16.5. The van der Waals surface area contributed by atoms with E-state index >= 15 is 0 Å². The number of pyridine rings is 1. The third kappa shape index (κ3) is 3.48. The Hall–Kier alpha value is -3.80. The van der Waals surface area contributed by atoms with Crippen molar-refractivity contribution in [1.29, 1.82) is 0 Å². The number of amides is 1. The van der Waals surface area contributed by atoms with Crippen molar-refractivity contribution >= 4 is 22.5 Å². The van der Waals surface area contributed by atoms with E-state index in [-0.39, 0.29) is 5.91 Å². The number of piperazine rings is 1. The Labute approximate surface area is 174 Å². The lowest BCUT2D eigenvalue weighted by atomic mass is 10.0. The number of hydrogen-bond acceptors (Lipinski definition) is 5. The summed E-state index contributed by atoms with van der Waals surface area (Å²) < 4.78 is 0. The number of aromatic nitrogens is 3. The first-order valence-electron chi connectivity index (χ1n) is 10.1. The highest BCUT2D eigenvalue weighted by atomic mass is 16.2. The summed E-state index contributed by atoms with van der Waals surface area (Å²) in [7, 11) is 0. The molecule has 1 amide bonds. The van der Waals surface area contributed by atoms with Gasteiger partial charge in [-0.25, -0.2) is 0 Å². The summed E-state index contributed by atoms with van der Waals surface area (Å²) in [5.74, 6) is 0.816. The highest BCUT2D eigenvalue weighted by Gasteiger charge is 2.23. The molecule has 1 aliphatic rings. The van der Waals surface area contributed by atoms with Gasteiger partial charge in [-0.1, -0.05) is 48.5 Å². The molecule has 0 spiro atoms. The van der Waals surface area contributed by atoms with Gasteiger partial charge in [0, 0.05) is 37.9 Å². The lowest BCUT2D eigenvalue weighted by Gasteiger charge is -2.35. The van der Waals surface area contributed by atoms with Crippen LogP contribution in [0, 0.1) is 0 Å². The quantitative estimate of drug-likeness (QED) is 0.530. The van der Waals surface area contributed by atoms with E-state index in [9.17, 15) is 4.79 Å². The molecule has 3 heterocycles. The molecule has 1 aliphatic heterocycles. The van der Waals surface area contributed by atoms with Crippen molar-refractivity contribution in [3.63, 3.8) is 0 Å². The Morgan fingerprint density at radius 3 is 2.33 bits per heavy atom. The van der Waals surface area contributed by atoms with Crippen molar-refractivity contribution in [3.8, 4) is 11.3 Å². The van der Waals surface area contributed by atoms with Crippen LogP contribution in [0.25, 0.3) is 22.0 Å². The maximum absolute atomic E-state index is 12.6. The van der Waals surface area contributed by atoms with Crippen LogP contribution < -0.4 is 4.90 Å². The number of carbonyl (C=O) groups excluding carboxylic acids is 1. The third-order valence-corrected chi connectivity index (χ3v) is 5.49. The minimum absolute atomic E-state index is 0.0207. The molecule has 148 valence electrons. The molecule has 2 aromatic heterocycles. The minimum atomic E-state index is -0.0207. The van der Waals surface area contributed by atoms with E-state index in [1.54, 1.807) is 12.3 Å². The van der Waals surface area contributed by atoms with E-state index in [1.165, 1.54) is 10.8 Å². The first-order valence-corrected chi connectivity index (χ1v) is 10.1. The van der Waals surface area contributed by atoms with Crippen LogP contribution in [0.1, 0.15) is 10.5 Å². The van der Waals surface area contributed by atoms with E-state index in [2.05, 4.69) is 44.3 Å². The Morgan fingerprint density at radius 1 is 0.767 bits per heavy atom. The van der Waals surface area contributed by atoms with Crippen LogP contribution in [0.4, 0.5) is 5.82 Å². The summed E-state index contributed by atoms with van der Waals surface area (Å²) in [6.45, 7) is 2.73. The van der Waals surface area contributed by atoms with Crippen LogP contribution in [0.15, 0.2) is 79.0 Å². The van der Waals surface area contributed by atoms with Crippen molar-refractivity contribution in [3.05, 3.63) is 84.7 Å². The van der Waals surface area contributed by atoms with Gasteiger partial charge in [0.2, 0.25) is 0 Å². The van der Waals surface area contributed by atoms with Gasteiger partial charge in [0.15, 0.2) is 5.82 Å². The Kier molecular flexibility index (Phi) is 4.81. The second kappa shape index (κ2) is 7.91. The fourth-order valence-corrected chi connectivity index (χ4v) is 3.88. The summed E-state index contributed by atoms with van der Waals surface area (Å²) in [6.07, 6.45) is 1.65. The molecule has 0 bridgehead atoms. The minimum Gasteiger partial charge on any atom is -0.352 e. The largest absolute Gasteiger partial charge is 0.352 e. The summed E-state index contributed by atoms with van der Waals surface area (Å²) in [5.41, 5.74) is 2.43. The van der Waals surface area contributed by atoms with E-state index in [0.717, 1.165) is 30.2 Å². The third-order valence-electron chi connectivity index (χ3n) is 5.49. The molecular weight excluding hydrogens is 374 g/mol. The lowest BCUT2D eigenvalue weighted by Crippen LogP contribution is -2.49. The fraction of sp³-hybridized carbons (Fsp3) is 0.167. The topological polar surface area (TPSA) is 62.2 Å². The summed E-state index contributed by atoms with van der Waals surface area (Å²) in [4.78, 5) is 20.7. The van der Waals surface area contributed by atoms with Crippen LogP contribution in [0.3, 0.4) is 0 Å². The van der Waals surface area contributed by atoms with Gasteiger partial charge in [-0.2, -0.15) is 0 Å². The van der Waals surface area contributed by atoms with Gasteiger partial charge in [-0.05, 0) is 35.0 Å². The molecule has 0 aliphatic carbocycles. The van der Waals surface area contributed by atoms with Crippen LogP contribution >= 0.6 is 0 Å². The zero-order valence-corrected chi connectivity index (χ0v) is 16.5. The Morgan fingerprint density at radius 2 is 1.57 bits per heavy atom. The van der Waals surface area contributed by atoms with Crippen LogP contribution in [0.2, 0.25) is 0 Å². The predicted octanol–water partition coefficient (Wildman–Crippen LogP) is 3.65. The average molecular weight is 395 g/mol. The first kappa shape index (κ1) is 18.2. The monoisotopic (exact) mass is 395 g/mol. The number of benzene rings is 2. The second-order valence-corrected chi connectivity index (χ2v) is 7.30. The summed E-state index contributed by atoms with van der Waals surface area (Å²) in [5, 5.41) is 11.3. The Balaban J connectivity index is 1.29. The zero-order chi connectivity index (χ0) is 20.3. The van der Waals surface area contributed by atoms with Gasteiger partial charge in [0.05, 0.1) is 5.69 Å². The lowest BCUT2D eigenvalue weighted by molar-refractivity contribution is 0.0740. The van der Waals surface area contributed by atoms with Crippen molar-refractivity contribution in [2.24, 2.45) is 0 Å². The highest BCUT2D eigenvalue weighted by Crippen LogP contribution is 2.27. The van der Waals surface area contributed by atoms with Gasteiger partial charge in [-0.3, -0.25) is 9.78 Å². The molecular formula is C24H21N5O. The number of carbonyl (C=O) groups is 1. The smallest absolute Gasteiger partial charge is 0.272 e. The number of fused-ring (bicyclic) bond motifs is 1. The van der Waals surface area contributed by atoms with Gasteiger partial charge >= 0.3 is 0 Å². The van der Waals surface area contributed by atoms with Gasteiger partial charge in [0.25, 0.3) is 5.91 Å². The van der Waals surface area contributed by atoms with E-state index in [4.69, 9.17) is 0 Å². The van der Waals surface area contributed by atoms with Gasteiger partial charge in [0.1, 0.15) is 5.69 Å².